The highest BCUT2D eigenvalue weighted by molar-refractivity contribution is 5.87. The highest BCUT2D eigenvalue weighted by atomic mass is 16.5. The first kappa shape index (κ1) is 14.5. The molecule has 1 aromatic rings. The maximum atomic E-state index is 10.9. The van der Waals surface area contributed by atoms with E-state index in [0.29, 0.717) is 18.1 Å². The molecule has 2 atom stereocenters. The molecule has 0 aromatic heterocycles. The first-order valence-electron chi connectivity index (χ1n) is 7.36. The molecule has 1 aromatic carbocycles. The van der Waals surface area contributed by atoms with Crippen LogP contribution in [0, 0.1) is 11.3 Å². The van der Waals surface area contributed by atoms with E-state index in [9.17, 15) is 9.90 Å². The number of aliphatic hydroxyl groups is 1. The molecule has 114 valence electrons. The Kier molecular flexibility index (Phi) is 3.97. The van der Waals surface area contributed by atoms with Gasteiger partial charge in [0, 0.05) is 31.7 Å². The number of nitrogens with zero attached hydrogens (tertiary/aromatic N) is 1. The van der Waals surface area contributed by atoms with Crippen LogP contribution in [0.2, 0.25) is 0 Å². The van der Waals surface area contributed by atoms with E-state index < -0.39 is 5.97 Å². The highest BCUT2D eigenvalue weighted by Crippen LogP contribution is 2.41. The zero-order chi connectivity index (χ0) is 14.9. The van der Waals surface area contributed by atoms with Crippen LogP contribution in [0.4, 0.5) is 0 Å². The maximum absolute atomic E-state index is 10.9. The summed E-state index contributed by atoms with van der Waals surface area (Å²) in [5.74, 6) is -0.403. The van der Waals surface area contributed by atoms with Crippen LogP contribution in [-0.4, -0.2) is 54.0 Å². The third kappa shape index (κ3) is 2.81. The van der Waals surface area contributed by atoms with Gasteiger partial charge in [0.2, 0.25) is 0 Å². The lowest BCUT2D eigenvalue weighted by atomic mass is 9.76. The summed E-state index contributed by atoms with van der Waals surface area (Å²) in [5.41, 5.74) is 1.31. The number of carboxylic acids is 1. The van der Waals surface area contributed by atoms with Gasteiger partial charge in [-0.3, -0.25) is 4.90 Å². The van der Waals surface area contributed by atoms with Crippen molar-refractivity contribution in [2.24, 2.45) is 11.3 Å². The summed E-state index contributed by atoms with van der Waals surface area (Å²) in [6.07, 6.45) is 1.01. The molecule has 2 saturated heterocycles. The minimum Gasteiger partial charge on any atom is -0.478 e. The van der Waals surface area contributed by atoms with Crippen LogP contribution in [0.1, 0.15) is 22.3 Å². The van der Waals surface area contributed by atoms with E-state index in [1.807, 2.05) is 12.1 Å². The molecular weight excluding hydrogens is 270 g/mol. The summed E-state index contributed by atoms with van der Waals surface area (Å²) in [6, 6.07) is 7.03. The lowest BCUT2D eigenvalue weighted by molar-refractivity contribution is -0.0561. The van der Waals surface area contributed by atoms with E-state index in [0.717, 1.165) is 38.2 Å². The Morgan fingerprint density at radius 1 is 1.38 bits per heavy atom. The first-order valence-corrected chi connectivity index (χ1v) is 7.36. The van der Waals surface area contributed by atoms with E-state index in [1.165, 1.54) is 0 Å². The third-order valence-corrected chi connectivity index (χ3v) is 4.81. The molecule has 0 saturated carbocycles. The van der Waals surface area contributed by atoms with Gasteiger partial charge in [-0.2, -0.15) is 0 Å². The standard InChI is InChI=1S/C16H21NO4/c18-10-16-9-17(8-14(16)5-6-21-11-16)7-12-1-3-13(4-2-12)15(19)20/h1-4,14,18H,5-11H2,(H,19,20)/t14-,16+/m0/s1. The van der Waals surface area contributed by atoms with Gasteiger partial charge < -0.3 is 14.9 Å². The maximum Gasteiger partial charge on any atom is 0.335 e. The average molecular weight is 291 g/mol. The molecule has 21 heavy (non-hydrogen) atoms. The van der Waals surface area contributed by atoms with E-state index in [4.69, 9.17) is 9.84 Å². The molecule has 2 aliphatic heterocycles. The van der Waals surface area contributed by atoms with Gasteiger partial charge in [-0.15, -0.1) is 0 Å². The summed E-state index contributed by atoms with van der Waals surface area (Å²) < 4.78 is 5.57. The molecule has 3 rings (SSSR count). The molecule has 0 spiro atoms. The number of hydrogen-bond acceptors (Lipinski definition) is 4. The molecule has 2 fully saturated rings. The zero-order valence-electron chi connectivity index (χ0n) is 12.0. The van der Waals surface area contributed by atoms with E-state index >= 15 is 0 Å². The molecular formula is C16H21NO4. The number of aromatic carboxylic acids is 1. The van der Waals surface area contributed by atoms with Crippen molar-refractivity contribution in [3.8, 4) is 0 Å². The lowest BCUT2D eigenvalue weighted by Gasteiger charge is -2.36. The number of benzene rings is 1. The van der Waals surface area contributed by atoms with Crippen LogP contribution in [-0.2, 0) is 11.3 Å². The number of aliphatic hydroxyl groups excluding tert-OH is 1. The monoisotopic (exact) mass is 291 g/mol. The Hall–Kier alpha value is -1.43. The second-order valence-corrected chi connectivity index (χ2v) is 6.23. The second-order valence-electron chi connectivity index (χ2n) is 6.23. The Morgan fingerprint density at radius 2 is 2.14 bits per heavy atom. The average Bonchev–Trinajstić information content (AvgIpc) is 2.86. The minimum absolute atomic E-state index is 0.112. The number of hydrogen-bond donors (Lipinski definition) is 2. The van der Waals surface area contributed by atoms with Crippen molar-refractivity contribution in [2.45, 2.75) is 13.0 Å². The topological polar surface area (TPSA) is 70.0 Å². The highest BCUT2D eigenvalue weighted by Gasteiger charge is 2.47. The van der Waals surface area contributed by atoms with Gasteiger partial charge in [0.25, 0.3) is 0 Å². The van der Waals surface area contributed by atoms with Crippen molar-refractivity contribution in [3.05, 3.63) is 35.4 Å². The summed E-state index contributed by atoms with van der Waals surface area (Å²) in [7, 11) is 0. The van der Waals surface area contributed by atoms with Gasteiger partial charge in [0.15, 0.2) is 0 Å². The molecule has 0 aliphatic carbocycles. The number of carboxylic acid groups (broad SMARTS) is 1. The Balaban J connectivity index is 1.67. The van der Waals surface area contributed by atoms with Crippen LogP contribution in [0.25, 0.3) is 0 Å². The number of carbonyl (C=O) groups is 1. The number of fused-ring (bicyclic) bond motifs is 1. The second kappa shape index (κ2) is 5.75. The number of rotatable bonds is 4. The molecule has 0 bridgehead atoms. The van der Waals surface area contributed by atoms with E-state index in [2.05, 4.69) is 4.90 Å². The zero-order valence-corrected chi connectivity index (χ0v) is 12.0. The minimum atomic E-state index is -0.898. The van der Waals surface area contributed by atoms with Crippen molar-refractivity contribution in [1.82, 2.24) is 4.90 Å². The van der Waals surface area contributed by atoms with Crippen molar-refractivity contribution >= 4 is 5.97 Å². The van der Waals surface area contributed by atoms with E-state index in [-0.39, 0.29) is 12.0 Å². The van der Waals surface area contributed by atoms with Gasteiger partial charge >= 0.3 is 5.97 Å². The Bertz CT molecular complexity index is 516. The summed E-state index contributed by atoms with van der Waals surface area (Å²) in [6.45, 7) is 4.21. The summed E-state index contributed by atoms with van der Waals surface area (Å²) in [5, 5.41) is 18.7. The van der Waals surface area contributed by atoms with Gasteiger partial charge in [-0.25, -0.2) is 4.79 Å². The van der Waals surface area contributed by atoms with Crippen LogP contribution >= 0.6 is 0 Å². The molecule has 2 heterocycles. The SMILES string of the molecule is O=C(O)c1ccc(CN2C[C@@H]3CCOC[C@]3(CO)C2)cc1. The van der Waals surface area contributed by atoms with Gasteiger partial charge in [0.1, 0.15) is 0 Å². The molecule has 2 N–H and O–H groups in total. The fourth-order valence-corrected chi connectivity index (χ4v) is 3.56. The number of ether oxygens (including phenoxy) is 1. The first-order chi connectivity index (χ1) is 10.1. The van der Waals surface area contributed by atoms with Gasteiger partial charge in [0.05, 0.1) is 18.8 Å². The Labute approximate surface area is 124 Å². The summed E-state index contributed by atoms with van der Waals surface area (Å²) >= 11 is 0. The molecule has 5 heteroatoms. The fourth-order valence-electron chi connectivity index (χ4n) is 3.56. The molecule has 0 amide bonds. The van der Waals surface area contributed by atoms with Crippen molar-refractivity contribution in [3.63, 3.8) is 0 Å². The fraction of sp³-hybridized carbons (Fsp3) is 0.562. The predicted octanol–water partition coefficient (Wildman–Crippen LogP) is 1.22. The van der Waals surface area contributed by atoms with Gasteiger partial charge in [-0.1, -0.05) is 12.1 Å². The van der Waals surface area contributed by atoms with Crippen LogP contribution < -0.4 is 0 Å². The molecule has 0 unspecified atom stereocenters. The van der Waals surface area contributed by atoms with Crippen LogP contribution in [0.15, 0.2) is 24.3 Å². The molecule has 0 radical (unpaired) electrons. The normalized spacial score (nSPS) is 29.3. The number of likely N-dealkylation sites (tertiary alicyclic amines) is 1. The van der Waals surface area contributed by atoms with Gasteiger partial charge in [-0.05, 0) is 30.0 Å². The quantitative estimate of drug-likeness (QED) is 0.873. The van der Waals surface area contributed by atoms with Crippen molar-refractivity contribution < 1.29 is 19.7 Å². The smallest absolute Gasteiger partial charge is 0.335 e. The Morgan fingerprint density at radius 3 is 2.76 bits per heavy atom. The van der Waals surface area contributed by atoms with Crippen molar-refractivity contribution in [2.75, 3.05) is 32.9 Å². The largest absolute Gasteiger partial charge is 0.478 e. The third-order valence-electron chi connectivity index (χ3n) is 4.81. The van der Waals surface area contributed by atoms with Crippen LogP contribution in [0.5, 0.6) is 0 Å². The molecule has 5 nitrogen and oxygen atoms in total. The molecule has 2 aliphatic rings. The van der Waals surface area contributed by atoms with Crippen LogP contribution in [0.3, 0.4) is 0 Å². The predicted molar refractivity (Wildman–Crippen MR) is 77.1 cm³/mol. The van der Waals surface area contributed by atoms with Crippen molar-refractivity contribution in [1.29, 1.82) is 0 Å². The van der Waals surface area contributed by atoms with E-state index in [1.54, 1.807) is 12.1 Å². The summed E-state index contributed by atoms with van der Waals surface area (Å²) in [4.78, 5) is 13.2. The lowest BCUT2D eigenvalue weighted by Crippen LogP contribution is -2.42.